The largest absolute Gasteiger partial charge is 0.493 e. The molecule has 4 rings (SSSR count). The molecule has 0 aliphatic rings. The highest BCUT2D eigenvalue weighted by Gasteiger charge is 2.38. The van der Waals surface area contributed by atoms with E-state index in [9.17, 15) is 9.50 Å². The summed E-state index contributed by atoms with van der Waals surface area (Å²) >= 11 is 0. The molecule has 5 heteroatoms. The number of halogens is 1. The molecule has 0 spiro atoms. The number of benzene rings is 4. The van der Waals surface area contributed by atoms with Crippen LogP contribution in [0.1, 0.15) is 16.7 Å². The summed E-state index contributed by atoms with van der Waals surface area (Å²) in [7, 11) is 4.61. The maximum atomic E-state index is 13.6. The Labute approximate surface area is 186 Å². The van der Waals surface area contributed by atoms with Gasteiger partial charge >= 0.3 is 0 Å². The van der Waals surface area contributed by atoms with Crippen molar-refractivity contribution in [2.75, 3.05) is 21.3 Å². The SMILES string of the molecule is COc1ccc(C(O)(Cc2ccc(F)cc2)c2cccc3ccccc23)c(OC)c1OC. The quantitative estimate of drug-likeness (QED) is 0.420. The van der Waals surface area contributed by atoms with Gasteiger partial charge in [0.2, 0.25) is 5.75 Å². The Hall–Kier alpha value is -3.57. The van der Waals surface area contributed by atoms with Crippen LogP contribution in [0.3, 0.4) is 0 Å². The summed E-state index contributed by atoms with van der Waals surface area (Å²) in [4.78, 5) is 0. The van der Waals surface area contributed by atoms with Crippen LogP contribution in [0, 0.1) is 5.82 Å². The number of ether oxygens (including phenoxy) is 3. The van der Waals surface area contributed by atoms with E-state index in [0.29, 0.717) is 28.4 Å². The molecule has 164 valence electrons. The first-order valence-corrected chi connectivity index (χ1v) is 10.3. The maximum absolute atomic E-state index is 13.6. The molecule has 32 heavy (non-hydrogen) atoms. The van der Waals surface area contributed by atoms with Gasteiger partial charge in [0.05, 0.1) is 21.3 Å². The topological polar surface area (TPSA) is 47.9 Å². The number of hydrogen-bond acceptors (Lipinski definition) is 4. The number of methoxy groups -OCH3 is 3. The summed E-state index contributed by atoms with van der Waals surface area (Å²) in [6.07, 6.45) is 0.202. The molecule has 0 fully saturated rings. The molecule has 0 amide bonds. The summed E-state index contributed by atoms with van der Waals surface area (Å²) in [5, 5.41) is 14.3. The highest BCUT2D eigenvalue weighted by Crippen LogP contribution is 2.48. The Kier molecular flexibility index (Phi) is 6.01. The lowest BCUT2D eigenvalue weighted by Crippen LogP contribution is -2.31. The highest BCUT2D eigenvalue weighted by molar-refractivity contribution is 5.87. The zero-order valence-electron chi connectivity index (χ0n) is 18.3. The normalized spacial score (nSPS) is 12.9. The second-order valence-corrected chi connectivity index (χ2v) is 7.57. The Morgan fingerprint density at radius 3 is 2.09 bits per heavy atom. The van der Waals surface area contributed by atoms with Gasteiger partial charge in [0.25, 0.3) is 0 Å². The van der Waals surface area contributed by atoms with Gasteiger partial charge in [-0.15, -0.1) is 0 Å². The summed E-state index contributed by atoms with van der Waals surface area (Å²) in [5.74, 6) is 0.941. The smallest absolute Gasteiger partial charge is 0.203 e. The van der Waals surface area contributed by atoms with Crippen molar-refractivity contribution in [1.29, 1.82) is 0 Å². The van der Waals surface area contributed by atoms with E-state index >= 15 is 0 Å². The van der Waals surface area contributed by atoms with Gasteiger partial charge in [-0.3, -0.25) is 0 Å². The van der Waals surface area contributed by atoms with Crippen molar-refractivity contribution >= 4 is 10.8 Å². The Morgan fingerprint density at radius 1 is 0.719 bits per heavy atom. The highest BCUT2D eigenvalue weighted by atomic mass is 19.1. The third kappa shape index (κ3) is 3.76. The fraction of sp³-hybridized carbons (Fsp3) is 0.185. The number of hydrogen-bond donors (Lipinski definition) is 1. The zero-order valence-corrected chi connectivity index (χ0v) is 18.3. The van der Waals surface area contributed by atoms with Crippen LogP contribution in [0.15, 0.2) is 78.9 Å². The van der Waals surface area contributed by atoms with Crippen LogP contribution in [-0.4, -0.2) is 26.4 Å². The molecular weight excluding hydrogens is 407 g/mol. The van der Waals surface area contributed by atoms with Gasteiger partial charge in [-0.1, -0.05) is 54.6 Å². The van der Waals surface area contributed by atoms with Gasteiger partial charge in [-0.2, -0.15) is 0 Å². The van der Waals surface area contributed by atoms with Crippen molar-refractivity contribution in [3.63, 3.8) is 0 Å². The second-order valence-electron chi connectivity index (χ2n) is 7.57. The van der Waals surface area contributed by atoms with Crippen LogP contribution >= 0.6 is 0 Å². The predicted octanol–water partition coefficient (Wildman–Crippen LogP) is 5.48. The van der Waals surface area contributed by atoms with Crippen molar-refractivity contribution in [2.24, 2.45) is 0 Å². The lowest BCUT2D eigenvalue weighted by atomic mass is 9.78. The molecule has 0 radical (unpaired) electrons. The van der Waals surface area contributed by atoms with Crippen LogP contribution in [0.4, 0.5) is 4.39 Å². The molecule has 0 aliphatic heterocycles. The van der Waals surface area contributed by atoms with E-state index in [4.69, 9.17) is 14.2 Å². The third-order valence-electron chi connectivity index (χ3n) is 5.76. The van der Waals surface area contributed by atoms with Crippen molar-refractivity contribution < 1.29 is 23.7 Å². The van der Waals surface area contributed by atoms with Gasteiger partial charge in [-0.25, -0.2) is 4.39 Å². The average Bonchev–Trinajstić information content (AvgIpc) is 2.83. The van der Waals surface area contributed by atoms with Crippen molar-refractivity contribution in [3.05, 3.63) is 101 Å². The Bertz CT molecular complexity index is 1230. The van der Waals surface area contributed by atoms with Gasteiger partial charge in [-0.05, 0) is 46.2 Å². The molecule has 0 heterocycles. The van der Waals surface area contributed by atoms with E-state index in [1.54, 1.807) is 31.4 Å². The Morgan fingerprint density at radius 2 is 1.41 bits per heavy atom. The maximum Gasteiger partial charge on any atom is 0.203 e. The standard InChI is InChI=1S/C27H25FO4/c1-30-24-16-15-23(25(31-2)26(24)32-3)27(29,17-18-11-13-20(28)14-12-18)22-10-6-8-19-7-4-5-9-21(19)22/h4-16,29H,17H2,1-3H3. The molecule has 0 saturated heterocycles. The van der Waals surface area contributed by atoms with Crippen molar-refractivity contribution in [2.45, 2.75) is 12.0 Å². The Balaban J connectivity index is 2.01. The van der Waals surface area contributed by atoms with Crippen molar-refractivity contribution in [1.82, 2.24) is 0 Å². The minimum absolute atomic E-state index is 0.202. The second kappa shape index (κ2) is 8.89. The van der Waals surface area contributed by atoms with E-state index in [0.717, 1.165) is 16.3 Å². The summed E-state index contributed by atoms with van der Waals surface area (Å²) in [5.41, 5.74) is 0.520. The van der Waals surface area contributed by atoms with Gasteiger partial charge in [0.1, 0.15) is 11.4 Å². The van der Waals surface area contributed by atoms with Crippen LogP contribution < -0.4 is 14.2 Å². The van der Waals surface area contributed by atoms with E-state index < -0.39 is 5.60 Å². The van der Waals surface area contributed by atoms with Crippen LogP contribution in [0.25, 0.3) is 10.8 Å². The minimum Gasteiger partial charge on any atom is -0.493 e. The molecule has 0 saturated carbocycles. The van der Waals surface area contributed by atoms with Gasteiger partial charge in [0, 0.05) is 12.0 Å². The minimum atomic E-state index is -1.50. The molecule has 0 aromatic heterocycles. The predicted molar refractivity (Wildman–Crippen MR) is 123 cm³/mol. The first kappa shape index (κ1) is 21.7. The monoisotopic (exact) mass is 432 g/mol. The molecule has 0 bridgehead atoms. The first-order valence-electron chi connectivity index (χ1n) is 10.3. The molecule has 4 aromatic rings. The van der Waals surface area contributed by atoms with Crippen LogP contribution in [0.2, 0.25) is 0 Å². The van der Waals surface area contributed by atoms with Gasteiger partial charge in [0.15, 0.2) is 11.5 Å². The van der Waals surface area contributed by atoms with E-state index in [-0.39, 0.29) is 12.2 Å². The molecule has 4 nitrogen and oxygen atoms in total. The fourth-order valence-corrected chi connectivity index (χ4v) is 4.25. The molecule has 4 aromatic carbocycles. The van der Waals surface area contributed by atoms with E-state index in [1.807, 2.05) is 42.5 Å². The molecular formula is C27H25FO4. The third-order valence-corrected chi connectivity index (χ3v) is 5.76. The number of aliphatic hydroxyl groups is 1. The fourth-order valence-electron chi connectivity index (χ4n) is 4.25. The summed E-state index contributed by atoms with van der Waals surface area (Å²) in [6.45, 7) is 0. The van der Waals surface area contributed by atoms with Crippen LogP contribution in [0.5, 0.6) is 17.2 Å². The van der Waals surface area contributed by atoms with Crippen molar-refractivity contribution in [3.8, 4) is 17.2 Å². The summed E-state index contributed by atoms with van der Waals surface area (Å²) in [6, 6.07) is 23.4. The van der Waals surface area contributed by atoms with Crippen LogP contribution in [-0.2, 0) is 12.0 Å². The molecule has 1 unspecified atom stereocenters. The molecule has 0 aliphatic carbocycles. The lowest BCUT2D eigenvalue weighted by Gasteiger charge is -2.33. The first-order chi connectivity index (χ1) is 15.5. The van der Waals surface area contributed by atoms with E-state index in [1.165, 1.54) is 26.4 Å². The number of fused-ring (bicyclic) bond motifs is 1. The summed E-state index contributed by atoms with van der Waals surface area (Å²) < 4.78 is 30.3. The van der Waals surface area contributed by atoms with Gasteiger partial charge < -0.3 is 19.3 Å². The lowest BCUT2D eigenvalue weighted by molar-refractivity contribution is 0.0790. The molecule has 1 atom stereocenters. The number of rotatable bonds is 7. The average molecular weight is 432 g/mol. The molecule has 1 N–H and O–H groups in total. The van der Waals surface area contributed by atoms with E-state index in [2.05, 4.69) is 0 Å². The zero-order chi connectivity index (χ0) is 22.7.